The van der Waals surface area contributed by atoms with Crippen molar-refractivity contribution in [2.75, 3.05) is 7.05 Å². The predicted molar refractivity (Wildman–Crippen MR) is 70.5 cm³/mol. The molecule has 1 atom stereocenters. The summed E-state index contributed by atoms with van der Waals surface area (Å²) in [7, 11) is 1.48. The van der Waals surface area contributed by atoms with Crippen LogP contribution in [-0.4, -0.2) is 51.2 Å². The van der Waals surface area contributed by atoms with Gasteiger partial charge in [-0.1, -0.05) is 0 Å². The predicted octanol–water partition coefficient (Wildman–Crippen LogP) is 0.521. The molecule has 0 saturated carbocycles. The van der Waals surface area contributed by atoms with Crippen molar-refractivity contribution in [1.29, 1.82) is 0 Å². The topological polar surface area (TPSA) is 120 Å². The lowest BCUT2D eigenvalue weighted by Crippen LogP contribution is -2.47. The summed E-state index contributed by atoms with van der Waals surface area (Å²) in [6.07, 6.45) is -0.676. The van der Waals surface area contributed by atoms with Crippen LogP contribution in [0.5, 0.6) is 0 Å². The second-order valence-corrected chi connectivity index (χ2v) is 5.21. The summed E-state index contributed by atoms with van der Waals surface area (Å²) in [4.78, 5) is 38.6. The van der Waals surface area contributed by atoms with Crippen molar-refractivity contribution in [3.8, 4) is 0 Å². The molecule has 1 heterocycles. The molecule has 8 nitrogen and oxygen atoms in total. The fourth-order valence-electron chi connectivity index (χ4n) is 1.43. The highest BCUT2D eigenvalue weighted by Gasteiger charge is 2.24. The van der Waals surface area contributed by atoms with Gasteiger partial charge in [0.05, 0.1) is 23.7 Å². The molecule has 0 spiro atoms. The van der Waals surface area contributed by atoms with Gasteiger partial charge >= 0.3 is 18.0 Å². The van der Waals surface area contributed by atoms with E-state index in [2.05, 4.69) is 10.3 Å². The molecule has 1 aromatic heterocycles. The van der Waals surface area contributed by atoms with Crippen LogP contribution in [-0.2, 0) is 16.1 Å². The van der Waals surface area contributed by atoms with Crippen LogP contribution >= 0.6 is 11.3 Å². The Hall–Kier alpha value is -2.16. The Morgan fingerprint density at radius 1 is 1.45 bits per heavy atom. The van der Waals surface area contributed by atoms with E-state index >= 15 is 0 Å². The summed E-state index contributed by atoms with van der Waals surface area (Å²) in [6.45, 7) is 2.05. The van der Waals surface area contributed by atoms with E-state index in [4.69, 9.17) is 10.2 Å². The number of thiazole rings is 1. The SMILES string of the molecule is Cc1nc(CN(C)C(=O)N[C@@H](CC(=O)O)C(=O)O)cs1. The molecule has 0 radical (unpaired) electrons. The number of amides is 2. The standard InChI is InChI=1S/C11H15N3O5S/c1-6-12-7(5-20-6)4-14(2)11(19)13-8(10(17)18)3-9(15)16/h5,8H,3-4H2,1-2H3,(H,13,19)(H,15,16)(H,17,18)/t8-/m0/s1. The number of carboxylic acids is 2. The molecule has 0 bridgehead atoms. The third kappa shape index (κ3) is 4.84. The third-order valence-electron chi connectivity index (χ3n) is 2.39. The molecule has 0 aromatic carbocycles. The average molecular weight is 301 g/mol. The van der Waals surface area contributed by atoms with E-state index in [1.54, 1.807) is 5.38 Å². The maximum Gasteiger partial charge on any atom is 0.326 e. The van der Waals surface area contributed by atoms with Crippen molar-refractivity contribution >= 4 is 29.3 Å². The molecule has 0 aliphatic carbocycles. The van der Waals surface area contributed by atoms with Gasteiger partial charge in [0.2, 0.25) is 0 Å². The lowest BCUT2D eigenvalue weighted by Gasteiger charge is -2.19. The summed E-state index contributed by atoms with van der Waals surface area (Å²) < 4.78 is 0. The largest absolute Gasteiger partial charge is 0.481 e. The Morgan fingerprint density at radius 3 is 2.55 bits per heavy atom. The number of nitrogens with zero attached hydrogens (tertiary/aromatic N) is 2. The Bertz CT molecular complexity index is 516. The number of aromatic nitrogens is 1. The monoisotopic (exact) mass is 301 g/mol. The zero-order valence-corrected chi connectivity index (χ0v) is 11.8. The van der Waals surface area contributed by atoms with E-state index in [0.29, 0.717) is 5.69 Å². The maximum absolute atomic E-state index is 11.8. The van der Waals surface area contributed by atoms with E-state index in [1.165, 1.54) is 23.3 Å². The van der Waals surface area contributed by atoms with Gasteiger partial charge in [0.15, 0.2) is 0 Å². The van der Waals surface area contributed by atoms with Crippen LogP contribution in [0.2, 0.25) is 0 Å². The molecule has 0 fully saturated rings. The number of carbonyl (C=O) groups excluding carboxylic acids is 1. The fraction of sp³-hybridized carbons (Fsp3) is 0.455. The van der Waals surface area contributed by atoms with Crippen molar-refractivity contribution in [3.05, 3.63) is 16.1 Å². The van der Waals surface area contributed by atoms with Crippen molar-refractivity contribution in [1.82, 2.24) is 15.2 Å². The summed E-state index contributed by atoms with van der Waals surface area (Å²) in [6, 6.07) is -2.12. The molecule has 0 unspecified atom stereocenters. The molecule has 1 aromatic rings. The first-order valence-electron chi connectivity index (χ1n) is 5.67. The second kappa shape index (κ2) is 6.85. The number of aryl methyl sites for hydroxylation is 1. The van der Waals surface area contributed by atoms with E-state index in [0.717, 1.165) is 5.01 Å². The minimum absolute atomic E-state index is 0.218. The molecule has 1 rings (SSSR count). The van der Waals surface area contributed by atoms with Gasteiger partial charge < -0.3 is 20.4 Å². The number of rotatable bonds is 6. The molecular weight excluding hydrogens is 286 g/mol. The fourth-order valence-corrected chi connectivity index (χ4v) is 2.03. The number of aliphatic carboxylic acids is 2. The number of urea groups is 1. The molecule has 20 heavy (non-hydrogen) atoms. The first-order valence-corrected chi connectivity index (χ1v) is 6.54. The van der Waals surface area contributed by atoms with Gasteiger partial charge in [-0.2, -0.15) is 0 Å². The number of carbonyl (C=O) groups is 3. The molecule has 9 heteroatoms. The smallest absolute Gasteiger partial charge is 0.326 e. The van der Waals surface area contributed by atoms with Gasteiger partial charge in [-0.15, -0.1) is 11.3 Å². The third-order valence-corrected chi connectivity index (χ3v) is 3.21. The number of nitrogens with one attached hydrogen (secondary N) is 1. The van der Waals surface area contributed by atoms with E-state index in [1.807, 2.05) is 6.92 Å². The summed E-state index contributed by atoms with van der Waals surface area (Å²) in [5.74, 6) is -2.69. The minimum atomic E-state index is -1.46. The molecule has 3 N–H and O–H groups in total. The van der Waals surface area contributed by atoms with Crippen molar-refractivity contribution < 1.29 is 24.6 Å². The summed E-state index contributed by atoms with van der Waals surface area (Å²) in [5.41, 5.74) is 0.690. The molecule has 2 amide bonds. The van der Waals surface area contributed by atoms with E-state index in [9.17, 15) is 14.4 Å². The molecule has 0 aliphatic rings. The number of carboxylic acid groups (broad SMARTS) is 2. The number of hydrogen-bond acceptors (Lipinski definition) is 5. The first kappa shape index (κ1) is 15.9. The Labute approximate surface area is 119 Å². The lowest BCUT2D eigenvalue weighted by molar-refractivity contribution is -0.145. The zero-order valence-electron chi connectivity index (χ0n) is 11.0. The molecule has 110 valence electrons. The normalized spacial score (nSPS) is 11.7. The second-order valence-electron chi connectivity index (χ2n) is 4.15. The van der Waals surface area contributed by atoms with Gasteiger partial charge in [-0.3, -0.25) is 4.79 Å². The van der Waals surface area contributed by atoms with Gasteiger partial charge in [0, 0.05) is 12.4 Å². The quantitative estimate of drug-likeness (QED) is 0.704. The molecular formula is C11H15N3O5S. The van der Waals surface area contributed by atoms with E-state index < -0.39 is 30.4 Å². The minimum Gasteiger partial charge on any atom is -0.481 e. The maximum atomic E-state index is 11.8. The van der Waals surface area contributed by atoms with Crippen molar-refractivity contribution in [3.63, 3.8) is 0 Å². The van der Waals surface area contributed by atoms with Crippen molar-refractivity contribution in [2.24, 2.45) is 0 Å². The van der Waals surface area contributed by atoms with Crippen LogP contribution in [0.1, 0.15) is 17.1 Å². The van der Waals surface area contributed by atoms with Crippen molar-refractivity contribution in [2.45, 2.75) is 25.9 Å². The Morgan fingerprint density at radius 2 is 2.10 bits per heavy atom. The summed E-state index contributed by atoms with van der Waals surface area (Å²) >= 11 is 1.44. The lowest BCUT2D eigenvalue weighted by atomic mass is 10.2. The van der Waals surface area contributed by atoms with Crippen LogP contribution in [0.15, 0.2) is 5.38 Å². The number of hydrogen-bond donors (Lipinski definition) is 3. The average Bonchev–Trinajstić information content (AvgIpc) is 2.72. The Balaban J connectivity index is 2.59. The van der Waals surface area contributed by atoms with Crippen LogP contribution < -0.4 is 5.32 Å². The van der Waals surface area contributed by atoms with Crippen LogP contribution in [0.3, 0.4) is 0 Å². The highest BCUT2D eigenvalue weighted by molar-refractivity contribution is 7.09. The van der Waals surface area contributed by atoms with E-state index in [-0.39, 0.29) is 6.54 Å². The van der Waals surface area contributed by atoms with Crippen LogP contribution in [0, 0.1) is 6.92 Å². The highest BCUT2D eigenvalue weighted by Crippen LogP contribution is 2.09. The van der Waals surface area contributed by atoms with Crippen LogP contribution in [0.4, 0.5) is 4.79 Å². The zero-order chi connectivity index (χ0) is 15.3. The Kier molecular flexibility index (Phi) is 5.44. The van der Waals surface area contributed by atoms with Gasteiger partial charge in [0.25, 0.3) is 0 Å². The van der Waals surface area contributed by atoms with Gasteiger partial charge in [0.1, 0.15) is 6.04 Å². The first-order chi connectivity index (χ1) is 9.29. The van der Waals surface area contributed by atoms with Gasteiger partial charge in [-0.05, 0) is 6.92 Å². The summed E-state index contributed by atoms with van der Waals surface area (Å²) in [5, 5.41) is 22.2. The van der Waals surface area contributed by atoms with Gasteiger partial charge in [-0.25, -0.2) is 14.6 Å². The molecule has 0 saturated heterocycles. The van der Waals surface area contributed by atoms with Crippen LogP contribution in [0.25, 0.3) is 0 Å². The molecule has 0 aliphatic heterocycles. The highest BCUT2D eigenvalue weighted by atomic mass is 32.1.